The third kappa shape index (κ3) is 37.7. The maximum absolute atomic E-state index is 14.8. The molecule has 3 heterocycles. The van der Waals surface area contributed by atoms with Crippen molar-refractivity contribution in [2.45, 2.75) is 305 Å². The maximum Gasteiger partial charge on any atom is 0.326 e. The number of carbonyl (C=O) groups is 20. The molecular weight excluding hydrogens is 1760 g/mol. The van der Waals surface area contributed by atoms with Gasteiger partial charge in [-0.15, -0.1) is 0 Å². The molecule has 0 aromatic rings. The quantitative estimate of drug-likeness (QED) is 0.0153. The Kier molecular flexibility index (Phi) is 50.7. The summed E-state index contributed by atoms with van der Waals surface area (Å²) in [5.74, 6) is -21.9. The van der Waals surface area contributed by atoms with E-state index in [0.717, 1.165) is 30.6 Å². The molecule has 52 nitrogen and oxygen atoms in total. The number of guanidine groups is 1. The Bertz CT molecular complexity index is 4010. The van der Waals surface area contributed by atoms with Gasteiger partial charge in [0.05, 0.1) is 44.7 Å². The lowest BCUT2D eigenvalue weighted by molar-refractivity contribution is -0.144. The molecule has 0 radical (unpaired) electrons. The molecule has 0 bridgehead atoms. The Balaban J connectivity index is 1.73. The Labute approximate surface area is 769 Å². The number of aliphatic imine (C=N–C) groups is 1. The van der Waals surface area contributed by atoms with E-state index in [1.807, 2.05) is 0 Å². The summed E-state index contributed by atoms with van der Waals surface area (Å²) in [6.07, 6.45) is -1.74. The molecule has 35 N–H and O–H groups in total. The van der Waals surface area contributed by atoms with Gasteiger partial charge in [-0.05, 0) is 155 Å². The molecule has 19 amide bonds. The molecule has 0 unspecified atom stereocenters. The Morgan fingerprint density at radius 1 is 0.368 bits per heavy atom. The first-order valence-electron chi connectivity index (χ1n) is 44.6. The number of nitrogens with zero attached hydrogens (tertiary/aromatic N) is 4. The second-order valence-corrected chi connectivity index (χ2v) is 33.7. The third-order valence-corrected chi connectivity index (χ3v) is 22.6. The average Bonchev–Trinajstić information content (AvgIpc) is 1.72. The van der Waals surface area contributed by atoms with E-state index in [2.05, 4.69) is 79.4 Å². The van der Waals surface area contributed by atoms with Crippen LogP contribution < -0.4 is 115 Å². The molecule has 133 heavy (non-hydrogen) atoms. The zero-order chi connectivity index (χ0) is 100. The van der Waals surface area contributed by atoms with E-state index in [1.165, 1.54) is 11.8 Å². The fourth-order valence-corrected chi connectivity index (χ4v) is 14.8. The van der Waals surface area contributed by atoms with Gasteiger partial charge in [-0.2, -0.15) is 0 Å². The summed E-state index contributed by atoms with van der Waals surface area (Å²) in [6.45, 7) is 7.06. The van der Waals surface area contributed by atoms with Crippen molar-refractivity contribution in [1.29, 1.82) is 0 Å². The molecule has 3 aliphatic rings. The SMILES string of the molecule is CC[C@H](C)[C@H](NC(=O)[C@@H]1CCCN1C(=O)[C@H](CCCN=C(N)N)NC(=O)[C@H](CCC(N)=O)NC(=O)[C@@H]1CCCN1C(=O)[C@H](C)NC(=O)[C@H](C)NC(=O)[C@H](CO)NC(=O)[C@H](CO)NC(=O)[C@H](CO)NC(=O)[C@@H](NC(=O)[C@H](CC(C)C)NC(=O)[C@@H]1CCCN1C(=O)[C@H](CCCCN)NC(=O)[C@@H](N)CCCCN)[C@@H](C)O)C(=O)N[C@@H](CO)C(=O)N[C@H](C(=O)N[C@@H](CCC(N)=O)C(=O)O)[C@@H](C)O. The smallest absolute Gasteiger partial charge is 0.326 e. The molecule has 0 saturated carbocycles. The zero-order valence-electron chi connectivity index (χ0n) is 76.5. The summed E-state index contributed by atoms with van der Waals surface area (Å²) in [5.41, 5.74) is 39.2. The van der Waals surface area contributed by atoms with Crippen LogP contribution >= 0.6 is 0 Å². The lowest BCUT2D eigenvalue weighted by Crippen LogP contribution is -2.63. The fourth-order valence-electron chi connectivity index (χ4n) is 14.8. The van der Waals surface area contributed by atoms with Crippen LogP contribution in [0.3, 0.4) is 0 Å². The number of unbranched alkanes of at least 4 members (excludes halogenated alkanes) is 2. The van der Waals surface area contributed by atoms with Crippen LogP contribution in [0.4, 0.5) is 0 Å². The van der Waals surface area contributed by atoms with Crippen LogP contribution in [0.2, 0.25) is 0 Å². The number of aliphatic carboxylic acids is 1. The third-order valence-electron chi connectivity index (χ3n) is 22.6. The van der Waals surface area contributed by atoms with E-state index >= 15 is 0 Å². The summed E-state index contributed by atoms with van der Waals surface area (Å²) in [6, 6.07) is -28.1. The van der Waals surface area contributed by atoms with Gasteiger partial charge in [0.15, 0.2) is 5.96 Å². The largest absolute Gasteiger partial charge is 0.480 e. The predicted molar refractivity (Wildman–Crippen MR) is 471 cm³/mol. The number of primary amides is 2. The molecule has 3 aliphatic heterocycles. The second kappa shape index (κ2) is 58.4. The molecular formula is C81H141N25O27. The van der Waals surface area contributed by atoms with Crippen LogP contribution in [-0.4, -0.2) is 361 Å². The molecule has 0 aliphatic carbocycles. The fraction of sp³-hybridized carbons (Fsp3) is 0.741. The van der Waals surface area contributed by atoms with E-state index in [4.69, 9.17) is 40.1 Å². The van der Waals surface area contributed by atoms with Crippen molar-refractivity contribution in [3.63, 3.8) is 0 Å². The Morgan fingerprint density at radius 2 is 0.714 bits per heavy atom. The summed E-state index contributed by atoms with van der Waals surface area (Å²) in [4.78, 5) is 280. The molecule has 3 saturated heterocycles. The lowest BCUT2D eigenvalue weighted by atomic mass is 9.97. The van der Waals surface area contributed by atoms with E-state index in [-0.39, 0.29) is 102 Å². The van der Waals surface area contributed by atoms with Crippen LogP contribution in [0.1, 0.15) is 184 Å². The predicted octanol–water partition coefficient (Wildman–Crippen LogP) is -13.1. The maximum atomic E-state index is 14.8. The normalized spacial score (nSPS) is 18.8. The van der Waals surface area contributed by atoms with Gasteiger partial charge in [-0.3, -0.25) is 96.1 Å². The summed E-state index contributed by atoms with van der Waals surface area (Å²) in [5, 5.41) is 105. The van der Waals surface area contributed by atoms with Gasteiger partial charge in [-0.1, -0.05) is 40.5 Å². The van der Waals surface area contributed by atoms with Crippen molar-refractivity contribution in [2.75, 3.05) is 65.7 Å². The second-order valence-electron chi connectivity index (χ2n) is 33.7. The monoisotopic (exact) mass is 1900 g/mol. The summed E-state index contributed by atoms with van der Waals surface area (Å²) in [7, 11) is 0. The van der Waals surface area contributed by atoms with E-state index < -0.39 is 297 Å². The van der Waals surface area contributed by atoms with E-state index in [1.54, 1.807) is 27.7 Å². The highest BCUT2D eigenvalue weighted by atomic mass is 16.4. The molecule has 752 valence electrons. The topological polar surface area (TPSA) is 856 Å². The number of amides is 19. The number of carbonyl (C=O) groups excluding carboxylic acids is 19. The Morgan fingerprint density at radius 3 is 1.12 bits per heavy atom. The molecule has 21 atom stereocenters. The number of hydrogen-bond donors (Lipinski definition) is 28. The zero-order valence-corrected chi connectivity index (χ0v) is 76.5. The highest BCUT2D eigenvalue weighted by Gasteiger charge is 2.46. The molecule has 3 rings (SSSR count). The first-order chi connectivity index (χ1) is 62.7. The number of nitrogens with two attached hydrogens (primary N) is 7. The number of carboxylic acids is 1. The molecule has 52 heteroatoms. The van der Waals surface area contributed by atoms with Crippen LogP contribution in [0, 0.1) is 11.8 Å². The van der Waals surface area contributed by atoms with Crippen molar-refractivity contribution in [3.8, 4) is 0 Å². The first kappa shape index (κ1) is 115. The minimum Gasteiger partial charge on any atom is -0.480 e. The number of carboxylic acid groups (broad SMARTS) is 1. The van der Waals surface area contributed by atoms with Crippen LogP contribution in [0.15, 0.2) is 4.99 Å². The van der Waals surface area contributed by atoms with Crippen LogP contribution in [0.25, 0.3) is 0 Å². The highest BCUT2D eigenvalue weighted by Crippen LogP contribution is 2.25. The highest BCUT2D eigenvalue weighted by molar-refractivity contribution is 6.02. The van der Waals surface area contributed by atoms with Gasteiger partial charge in [0, 0.05) is 39.0 Å². The van der Waals surface area contributed by atoms with Crippen molar-refractivity contribution in [2.24, 2.45) is 57.0 Å². The summed E-state index contributed by atoms with van der Waals surface area (Å²) < 4.78 is 0. The van der Waals surface area contributed by atoms with Crippen molar-refractivity contribution < 1.29 is 132 Å². The first-order valence-corrected chi connectivity index (χ1v) is 44.6. The molecule has 3 fully saturated rings. The van der Waals surface area contributed by atoms with Crippen molar-refractivity contribution >= 4 is 124 Å². The lowest BCUT2D eigenvalue weighted by Gasteiger charge is -2.32. The number of aliphatic hydroxyl groups is 6. The minimum absolute atomic E-state index is 0.00390. The van der Waals surface area contributed by atoms with Crippen molar-refractivity contribution in [1.82, 2.24) is 89.1 Å². The van der Waals surface area contributed by atoms with Crippen LogP contribution in [0.5, 0.6) is 0 Å². The van der Waals surface area contributed by atoms with Gasteiger partial charge >= 0.3 is 5.97 Å². The van der Waals surface area contributed by atoms with Gasteiger partial charge in [-0.25, -0.2) is 4.79 Å². The number of likely N-dealkylation sites (tertiary alicyclic amines) is 3. The standard InChI is InChI=1S/C81H141N25O27/c1-9-40(4)60(74(126)99-54(38-110)70(122)103-61(43(7)111)75(127)95-49(80(132)133)25-27-59(86)114)101-73(125)57-23-17-33-106(57)79(131)48(20-14-30-89-81(87)88)94-65(117)46(24-26-58(85)113)92-71(123)55-21-15-31-104(55)77(129)42(6)91-63(115)41(5)90-67(119)51(35-107)97-68(120)52(36-108)98-69(121)53(37-109)100-76(128)62(44(8)112)102-66(118)50(34-39(2)3)96-72(124)56-22-16-32-105(56)78(130)47(19-11-13-29-83)93-64(116)45(84)18-10-12-28-82/h39-57,60-62,107-112H,9-38,82-84H2,1-8H3,(H2,85,113)(H2,86,114)(H,90,119)(H,91,115)(H,92,123)(H,93,116)(H,94,117)(H,95,127)(H,96,124)(H,97,120)(H,98,121)(H,99,126)(H,100,128)(H,101,125)(H,102,118)(H,103,122)(H,132,133)(H4,87,88,89)/t40-,41-,42-,43+,44+,45-,46-,47-,48-,49-,50-,51-,52-,53-,54-,55-,56-,57-,60-,61-,62-/m0/s1. The van der Waals surface area contributed by atoms with Crippen molar-refractivity contribution in [3.05, 3.63) is 0 Å². The van der Waals surface area contributed by atoms with Gasteiger partial charge < -0.3 is 165 Å². The Hall–Kier alpha value is -11.7. The number of nitrogens with one attached hydrogen (secondary N) is 14. The van der Waals surface area contributed by atoms with Gasteiger partial charge in [0.25, 0.3) is 0 Å². The number of rotatable bonds is 60. The number of aliphatic hydroxyl groups excluding tert-OH is 6. The molecule has 0 aromatic carbocycles. The molecule has 0 aromatic heterocycles. The van der Waals surface area contributed by atoms with E-state index in [9.17, 15) is 132 Å². The minimum atomic E-state index is -2.00. The summed E-state index contributed by atoms with van der Waals surface area (Å²) >= 11 is 0. The number of hydrogen-bond acceptors (Lipinski definition) is 30. The van der Waals surface area contributed by atoms with Crippen LogP contribution in [-0.2, 0) is 95.9 Å². The average molecular weight is 1900 g/mol. The molecule has 0 spiro atoms. The van der Waals surface area contributed by atoms with E-state index in [0.29, 0.717) is 51.6 Å². The van der Waals surface area contributed by atoms with Gasteiger partial charge in [0.2, 0.25) is 112 Å². The van der Waals surface area contributed by atoms with Gasteiger partial charge in [0.1, 0.15) is 103 Å².